The number of hydrogen-bond donors (Lipinski definition) is 1. The van der Waals surface area contributed by atoms with Gasteiger partial charge in [0.1, 0.15) is 0 Å². The van der Waals surface area contributed by atoms with Crippen LogP contribution in [0, 0.1) is 6.92 Å². The quantitative estimate of drug-likeness (QED) is 0.655. The summed E-state index contributed by atoms with van der Waals surface area (Å²) in [5, 5.41) is 9.57. The van der Waals surface area contributed by atoms with Crippen LogP contribution in [-0.4, -0.2) is 12.1 Å². The Morgan fingerprint density at radius 3 is 2.53 bits per heavy atom. The van der Waals surface area contributed by atoms with Crippen molar-refractivity contribution in [3.63, 3.8) is 0 Å². The molecule has 0 radical (unpaired) electrons. The number of rotatable bonds is 2. The first kappa shape index (κ1) is 12.2. The maximum atomic E-state index is 9.57. The van der Waals surface area contributed by atoms with Gasteiger partial charge in [-0.2, -0.15) is 0 Å². The van der Waals surface area contributed by atoms with Gasteiger partial charge in [-0.1, -0.05) is 54.1 Å². The third-order valence-corrected chi connectivity index (χ3v) is 3.38. The first-order chi connectivity index (χ1) is 9.22. The molecule has 1 aliphatic heterocycles. The van der Waals surface area contributed by atoms with Crippen LogP contribution in [0.4, 0.5) is 0 Å². The van der Waals surface area contributed by atoms with Crippen molar-refractivity contribution < 1.29 is 9.68 Å². The van der Waals surface area contributed by atoms with E-state index in [1.807, 2.05) is 12.1 Å². The molecule has 1 N–H and O–H groups in total. The molecule has 3 rings (SSSR count). The van der Waals surface area contributed by atoms with Crippen LogP contribution in [0.2, 0.25) is 0 Å². The molecule has 0 aromatic heterocycles. The summed E-state index contributed by atoms with van der Waals surface area (Å²) in [6.45, 7) is 2.57. The van der Waals surface area contributed by atoms with Crippen molar-refractivity contribution in [3.8, 4) is 0 Å². The lowest BCUT2D eigenvalue weighted by molar-refractivity contribution is 0.275. The highest BCUT2D eigenvalue weighted by Gasteiger charge is 2.26. The normalized spacial score (nSPS) is 14.1. The molecule has 3 heteroatoms. The average molecular weight is 250 g/mol. The third kappa shape index (κ3) is 2.62. The van der Waals surface area contributed by atoms with Gasteiger partial charge in [0.25, 0.3) is 0 Å². The van der Waals surface area contributed by atoms with Gasteiger partial charge in [-0.3, -0.25) is 0 Å². The van der Waals surface area contributed by atoms with E-state index in [2.05, 4.69) is 49.4 Å². The number of benzene rings is 2. The number of hydrogen-bond acceptors (Lipinski definition) is 2. The summed E-state index contributed by atoms with van der Waals surface area (Å²) >= 11 is 0. The van der Waals surface area contributed by atoms with Crippen LogP contribution in [0.15, 0.2) is 42.5 Å². The zero-order valence-corrected chi connectivity index (χ0v) is 10.8. The summed E-state index contributed by atoms with van der Waals surface area (Å²) in [5.74, 6) is 0. The topological polar surface area (TPSA) is 29.5 Å². The maximum Gasteiger partial charge on any atom is 0.491 e. The standard InChI is InChI=1S/C16H15BO2/c1-12-2-4-13(5-3-12)6-7-14-8-9-16-15(10-14)11-19-17(16)18/h2-10,18H,11H2,1H3/b7-6+. The van der Waals surface area contributed by atoms with Gasteiger partial charge in [0.15, 0.2) is 0 Å². The second-order valence-corrected chi connectivity index (χ2v) is 4.87. The summed E-state index contributed by atoms with van der Waals surface area (Å²) in [5.41, 5.74) is 5.52. The monoisotopic (exact) mass is 250 g/mol. The zero-order valence-electron chi connectivity index (χ0n) is 10.8. The Kier molecular flexibility index (Phi) is 3.24. The molecule has 19 heavy (non-hydrogen) atoms. The number of aryl methyl sites for hydroxylation is 1. The summed E-state index contributed by atoms with van der Waals surface area (Å²) in [6.07, 6.45) is 4.17. The molecular formula is C16H15BO2. The van der Waals surface area contributed by atoms with E-state index in [4.69, 9.17) is 4.65 Å². The minimum Gasteiger partial charge on any atom is -0.423 e. The largest absolute Gasteiger partial charge is 0.491 e. The lowest BCUT2D eigenvalue weighted by atomic mass is 9.79. The fourth-order valence-electron chi connectivity index (χ4n) is 2.22. The molecule has 0 spiro atoms. The highest BCUT2D eigenvalue weighted by molar-refractivity contribution is 6.61. The fourth-order valence-corrected chi connectivity index (χ4v) is 2.22. The van der Waals surface area contributed by atoms with Gasteiger partial charge in [0, 0.05) is 0 Å². The van der Waals surface area contributed by atoms with Crippen LogP contribution >= 0.6 is 0 Å². The van der Waals surface area contributed by atoms with Crippen molar-refractivity contribution in [1.82, 2.24) is 0 Å². The molecule has 2 aromatic rings. The van der Waals surface area contributed by atoms with Crippen molar-refractivity contribution >= 4 is 24.7 Å². The van der Waals surface area contributed by atoms with Crippen LogP contribution in [0.1, 0.15) is 22.3 Å². The van der Waals surface area contributed by atoms with Crippen molar-refractivity contribution in [2.45, 2.75) is 13.5 Å². The maximum absolute atomic E-state index is 9.57. The second-order valence-electron chi connectivity index (χ2n) is 4.87. The third-order valence-electron chi connectivity index (χ3n) is 3.38. The summed E-state index contributed by atoms with van der Waals surface area (Å²) in [6, 6.07) is 14.4. The van der Waals surface area contributed by atoms with Gasteiger partial charge >= 0.3 is 7.12 Å². The Morgan fingerprint density at radius 1 is 1.05 bits per heavy atom. The Bertz CT molecular complexity index is 617. The minimum atomic E-state index is -0.759. The van der Waals surface area contributed by atoms with Gasteiger partial charge in [0.05, 0.1) is 6.61 Å². The Labute approximate surface area is 113 Å². The van der Waals surface area contributed by atoms with Crippen LogP contribution in [0.3, 0.4) is 0 Å². The molecule has 0 amide bonds. The molecule has 0 aliphatic carbocycles. The molecule has 0 saturated heterocycles. The first-order valence-electron chi connectivity index (χ1n) is 6.39. The van der Waals surface area contributed by atoms with E-state index in [1.54, 1.807) is 0 Å². The number of fused-ring (bicyclic) bond motifs is 1. The SMILES string of the molecule is Cc1ccc(/C=C/c2ccc3c(c2)COB3O)cc1. The molecule has 2 nitrogen and oxygen atoms in total. The van der Waals surface area contributed by atoms with E-state index in [0.29, 0.717) is 6.61 Å². The van der Waals surface area contributed by atoms with Gasteiger partial charge in [-0.25, -0.2) is 0 Å². The molecule has 0 bridgehead atoms. The molecule has 0 fully saturated rings. The Balaban J connectivity index is 1.82. The lowest BCUT2D eigenvalue weighted by Crippen LogP contribution is -2.27. The highest BCUT2D eigenvalue weighted by Crippen LogP contribution is 2.14. The van der Waals surface area contributed by atoms with E-state index in [-0.39, 0.29) is 0 Å². The van der Waals surface area contributed by atoms with Crippen LogP contribution in [0.25, 0.3) is 12.2 Å². The first-order valence-corrected chi connectivity index (χ1v) is 6.39. The zero-order chi connectivity index (χ0) is 13.2. The second kappa shape index (κ2) is 5.04. The fraction of sp³-hybridized carbons (Fsp3) is 0.125. The smallest absolute Gasteiger partial charge is 0.423 e. The van der Waals surface area contributed by atoms with E-state index >= 15 is 0 Å². The van der Waals surface area contributed by atoms with Gasteiger partial charge in [-0.15, -0.1) is 0 Å². The summed E-state index contributed by atoms with van der Waals surface area (Å²) in [4.78, 5) is 0. The van der Waals surface area contributed by atoms with Crippen molar-refractivity contribution in [2.75, 3.05) is 0 Å². The van der Waals surface area contributed by atoms with Gasteiger partial charge in [-0.05, 0) is 35.1 Å². The molecule has 1 heterocycles. The van der Waals surface area contributed by atoms with Crippen LogP contribution < -0.4 is 5.46 Å². The minimum absolute atomic E-state index is 0.489. The average Bonchev–Trinajstić information content (AvgIpc) is 2.79. The molecule has 0 saturated carbocycles. The predicted molar refractivity (Wildman–Crippen MR) is 78.9 cm³/mol. The Morgan fingerprint density at radius 2 is 1.74 bits per heavy atom. The Hall–Kier alpha value is -1.84. The van der Waals surface area contributed by atoms with Crippen LogP contribution in [0.5, 0.6) is 0 Å². The van der Waals surface area contributed by atoms with E-state index in [0.717, 1.165) is 16.6 Å². The lowest BCUT2D eigenvalue weighted by Gasteiger charge is -2.00. The van der Waals surface area contributed by atoms with E-state index in [1.165, 1.54) is 11.1 Å². The van der Waals surface area contributed by atoms with Crippen LogP contribution in [-0.2, 0) is 11.3 Å². The van der Waals surface area contributed by atoms with Crippen molar-refractivity contribution in [3.05, 3.63) is 64.7 Å². The van der Waals surface area contributed by atoms with Crippen molar-refractivity contribution in [2.24, 2.45) is 0 Å². The summed E-state index contributed by atoms with van der Waals surface area (Å²) in [7, 11) is -0.759. The predicted octanol–water partition coefficient (Wildman–Crippen LogP) is 2.38. The van der Waals surface area contributed by atoms with E-state index < -0.39 is 7.12 Å². The molecule has 94 valence electrons. The summed E-state index contributed by atoms with van der Waals surface area (Å²) < 4.78 is 5.19. The van der Waals surface area contributed by atoms with Gasteiger partial charge in [0.2, 0.25) is 0 Å². The van der Waals surface area contributed by atoms with E-state index in [9.17, 15) is 5.02 Å². The molecular weight excluding hydrogens is 235 g/mol. The highest BCUT2D eigenvalue weighted by atomic mass is 16.5. The van der Waals surface area contributed by atoms with Crippen molar-refractivity contribution in [1.29, 1.82) is 0 Å². The molecule has 0 unspecified atom stereocenters. The molecule has 2 aromatic carbocycles. The van der Waals surface area contributed by atoms with Gasteiger partial charge < -0.3 is 9.68 Å². The molecule has 1 aliphatic rings. The molecule has 0 atom stereocenters.